The van der Waals surface area contributed by atoms with E-state index in [0.29, 0.717) is 0 Å². The van der Waals surface area contributed by atoms with E-state index < -0.39 is 0 Å². The molecule has 0 N–H and O–H groups in total. The van der Waals surface area contributed by atoms with Gasteiger partial charge in [0.2, 0.25) is 0 Å². The van der Waals surface area contributed by atoms with Crippen LogP contribution in [-0.4, -0.2) is 7.11 Å². The summed E-state index contributed by atoms with van der Waals surface area (Å²) in [7, 11) is 1.69. The van der Waals surface area contributed by atoms with Crippen LogP contribution in [0, 0.1) is 0 Å². The van der Waals surface area contributed by atoms with E-state index in [9.17, 15) is 0 Å². The van der Waals surface area contributed by atoms with Crippen molar-refractivity contribution < 1.29 is 4.74 Å². The molecule has 2 aromatic carbocycles. The summed E-state index contributed by atoms with van der Waals surface area (Å²) < 4.78 is 6.39. The fourth-order valence-corrected chi connectivity index (χ4v) is 2.91. The number of hydrogen-bond donors (Lipinski definition) is 0. The van der Waals surface area contributed by atoms with E-state index in [4.69, 9.17) is 16.3 Å². The topological polar surface area (TPSA) is 9.23 Å². The van der Waals surface area contributed by atoms with Gasteiger partial charge >= 0.3 is 0 Å². The fraction of sp³-hybridized carbons (Fsp3) is 0.294. The lowest BCUT2D eigenvalue weighted by atomic mass is 10.0. The van der Waals surface area contributed by atoms with Crippen molar-refractivity contribution in [3.63, 3.8) is 0 Å². The molecular weight excluding hydrogens is 336 g/mol. The lowest BCUT2D eigenvalue weighted by molar-refractivity contribution is 0.414. The van der Waals surface area contributed by atoms with Gasteiger partial charge in [0, 0.05) is 4.47 Å². The highest BCUT2D eigenvalue weighted by molar-refractivity contribution is 9.10. The molecule has 106 valence electrons. The third-order valence-electron chi connectivity index (χ3n) is 3.32. The number of alkyl halides is 1. The van der Waals surface area contributed by atoms with Crippen molar-refractivity contribution in [1.82, 2.24) is 0 Å². The zero-order valence-electron chi connectivity index (χ0n) is 11.5. The number of aryl methyl sites for hydroxylation is 1. The molecule has 1 atom stereocenters. The summed E-state index contributed by atoms with van der Waals surface area (Å²) in [5.74, 6) is 0.897. The lowest BCUT2D eigenvalue weighted by Gasteiger charge is -2.11. The Bertz CT molecular complexity index is 542. The molecule has 20 heavy (non-hydrogen) atoms. The molecular formula is C17H18BrClO. The van der Waals surface area contributed by atoms with Gasteiger partial charge in [0.25, 0.3) is 0 Å². The van der Waals surface area contributed by atoms with Crippen LogP contribution in [0.15, 0.2) is 53.0 Å². The van der Waals surface area contributed by atoms with E-state index in [-0.39, 0.29) is 5.38 Å². The van der Waals surface area contributed by atoms with E-state index in [1.807, 2.05) is 30.3 Å². The molecule has 0 heterocycles. The summed E-state index contributed by atoms with van der Waals surface area (Å²) in [4.78, 5) is 0. The molecule has 0 aliphatic heterocycles. The predicted molar refractivity (Wildman–Crippen MR) is 88.7 cm³/mol. The van der Waals surface area contributed by atoms with Gasteiger partial charge in [-0.3, -0.25) is 0 Å². The van der Waals surface area contributed by atoms with Gasteiger partial charge in [-0.1, -0.05) is 46.3 Å². The third-order valence-corrected chi connectivity index (χ3v) is 4.56. The molecule has 3 heteroatoms. The van der Waals surface area contributed by atoms with E-state index in [1.165, 1.54) is 11.1 Å². The zero-order chi connectivity index (χ0) is 14.4. The Hall–Kier alpha value is -0.990. The summed E-state index contributed by atoms with van der Waals surface area (Å²) in [6.45, 7) is 0. The van der Waals surface area contributed by atoms with Crippen LogP contribution in [0.3, 0.4) is 0 Å². The van der Waals surface area contributed by atoms with Crippen molar-refractivity contribution in [3.8, 4) is 5.75 Å². The van der Waals surface area contributed by atoms with E-state index in [2.05, 4.69) is 34.1 Å². The minimum absolute atomic E-state index is 0.0839. The Morgan fingerprint density at radius 1 is 1.15 bits per heavy atom. The smallest absolute Gasteiger partial charge is 0.119 e. The van der Waals surface area contributed by atoms with Crippen LogP contribution in [0.2, 0.25) is 0 Å². The van der Waals surface area contributed by atoms with Crippen molar-refractivity contribution in [2.45, 2.75) is 24.6 Å². The first kappa shape index (κ1) is 15.4. The van der Waals surface area contributed by atoms with Crippen LogP contribution < -0.4 is 4.74 Å². The van der Waals surface area contributed by atoms with E-state index in [0.717, 1.165) is 29.5 Å². The van der Waals surface area contributed by atoms with Gasteiger partial charge in [0.05, 0.1) is 12.5 Å². The third kappa shape index (κ3) is 4.26. The fourth-order valence-electron chi connectivity index (χ4n) is 2.17. The summed E-state index contributed by atoms with van der Waals surface area (Å²) in [5, 5.41) is 0.0839. The average Bonchev–Trinajstić information content (AvgIpc) is 2.50. The summed E-state index contributed by atoms with van der Waals surface area (Å²) in [6, 6.07) is 16.3. The van der Waals surface area contributed by atoms with Crippen molar-refractivity contribution in [2.24, 2.45) is 0 Å². The van der Waals surface area contributed by atoms with E-state index >= 15 is 0 Å². The molecule has 2 rings (SSSR count). The Morgan fingerprint density at radius 3 is 2.60 bits per heavy atom. The first-order chi connectivity index (χ1) is 9.70. The molecule has 0 aromatic heterocycles. The Balaban J connectivity index is 1.90. The summed E-state index contributed by atoms with van der Waals surface area (Å²) >= 11 is 10.0. The van der Waals surface area contributed by atoms with Crippen LogP contribution in [0.1, 0.15) is 29.3 Å². The highest BCUT2D eigenvalue weighted by Gasteiger charge is 2.08. The zero-order valence-corrected chi connectivity index (χ0v) is 13.8. The molecule has 1 unspecified atom stereocenters. The maximum absolute atomic E-state index is 6.43. The maximum atomic E-state index is 6.43. The van der Waals surface area contributed by atoms with Gasteiger partial charge < -0.3 is 4.74 Å². The summed E-state index contributed by atoms with van der Waals surface area (Å²) in [6.07, 6.45) is 3.01. The van der Waals surface area contributed by atoms with Crippen LogP contribution >= 0.6 is 27.5 Å². The quantitative estimate of drug-likeness (QED) is 0.600. The van der Waals surface area contributed by atoms with Gasteiger partial charge in [-0.05, 0) is 48.6 Å². The number of ether oxygens (including phenoxy) is 1. The SMILES string of the molecule is COc1ccc(Br)c(CCCC(Cl)c2ccccc2)c1. The molecule has 2 aromatic rings. The molecule has 0 amide bonds. The van der Waals surface area contributed by atoms with Crippen LogP contribution in [0.4, 0.5) is 0 Å². The standard InChI is InChI=1S/C17H18BrClO/c1-20-15-10-11-16(18)14(12-15)8-5-9-17(19)13-6-3-2-4-7-13/h2-4,6-7,10-12,17H,5,8-9H2,1H3. The monoisotopic (exact) mass is 352 g/mol. The van der Waals surface area contributed by atoms with E-state index in [1.54, 1.807) is 7.11 Å². The molecule has 0 spiro atoms. The van der Waals surface area contributed by atoms with Crippen molar-refractivity contribution in [3.05, 3.63) is 64.1 Å². The van der Waals surface area contributed by atoms with Gasteiger partial charge in [-0.15, -0.1) is 11.6 Å². The average molecular weight is 354 g/mol. The van der Waals surface area contributed by atoms with Gasteiger partial charge in [0.1, 0.15) is 5.75 Å². The largest absolute Gasteiger partial charge is 0.497 e. The Kier molecular flexibility index (Phi) is 5.93. The highest BCUT2D eigenvalue weighted by Crippen LogP contribution is 2.28. The normalized spacial score (nSPS) is 12.2. The first-order valence-electron chi connectivity index (χ1n) is 6.72. The minimum atomic E-state index is 0.0839. The van der Waals surface area contributed by atoms with Crippen LogP contribution in [0.25, 0.3) is 0 Å². The molecule has 0 bridgehead atoms. The van der Waals surface area contributed by atoms with Crippen LogP contribution in [-0.2, 0) is 6.42 Å². The number of methoxy groups -OCH3 is 1. The second kappa shape index (κ2) is 7.70. The molecule has 1 nitrogen and oxygen atoms in total. The predicted octanol–water partition coefficient (Wildman–Crippen LogP) is 5.76. The van der Waals surface area contributed by atoms with Gasteiger partial charge in [-0.25, -0.2) is 0 Å². The second-order valence-electron chi connectivity index (χ2n) is 4.73. The molecule has 0 fully saturated rings. The molecule has 0 aliphatic carbocycles. The molecule has 0 saturated carbocycles. The van der Waals surface area contributed by atoms with Crippen molar-refractivity contribution >= 4 is 27.5 Å². The molecule has 0 aliphatic rings. The number of rotatable bonds is 6. The van der Waals surface area contributed by atoms with Gasteiger partial charge in [0.15, 0.2) is 0 Å². The minimum Gasteiger partial charge on any atom is -0.497 e. The number of halogens is 2. The van der Waals surface area contributed by atoms with Crippen molar-refractivity contribution in [2.75, 3.05) is 7.11 Å². The van der Waals surface area contributed by atoms with Crippen LogP contribution in [0.5, 0.6) is 5.75 Å². The molecule has 0 saturated heterocycles. The second-order valence-corrected chi connectivity index (χ2v) is 6.11. The number of hydrogen-bond acceptors (Lipinski definition) is 1. The lowest BCUT2D eigenvalue weighted by Crippen LogP contribution is -1.94. The Labute approximate surface area is 134 Å². The summed E-state index contributed by atoms with van der Waals surface area (Å²) in [5.41, 5.74) is 2.46. The first-order valence-corrected chi connectivity index (χ1v) is 7.95. The maximum Gasteiger partial charge on any atom is 0.119 e. The molecule has 0 radical (unpaired) electrons. The Morgan fingerprint density at radius 2 is 1.90 bits per heavy atom. The highest BCUT2D eigenvalue weighted by atomic mass is 79.9. The van der Waals surface area contributed by atoms with Crippen molar-refractivity contribution in [1.29, 1.82) is 0 Å². The van der Waals surface area contributed by atoms with Gasteiger partial charge in [-0.2, -0.15) is 0 Å². The number of benzene rings is 2.